The maximum atomic E-state index is 8.36. The van der Waals surface area contributed by atoms with Crippen molar-refractivity contribution in [2.24, 2.45) is 5.16 Å². The monoisotopic (exact) mass is 209 g/mol. The summed E-state index contributed by atoms with van der Waals surface area (Å²) in [5.74, 6) is 1.41. The van der Waals surface area contributed by atoms with Crippen molar-refractivity contribution in [3.63, 3.8) is 0 Å². The van der Waals surface area contributed by atoms with Gasteiger partial charge in [-0.05, 0) is 13.0 Å². The molecule has 0 aromatic heterocycles. The summed E-state index contributed by atoms with van der Waals surface area (Å²) < 4.78 is 10.7. The highest BCUT2D eigenvalue weighted by Gasteiger charge is 2.08. The van der Waals surface area contributed by atoms with Crippen LogP contribution in [0, 0.1) is 0 Å². The average Bonchev–Trinajstić information content (AvgIpc) is 2.27. The second kappa shape index (κ2) is 5.90. The number of nitrogens with zero attached hydrogens (tertiary/aromatic N) is 1. The highest BCUT2D eigenvalue weighted by Crippen LogP contribution is 2.30. The van der Waals surface area contributed by atoms with Crippen LogP contribution < -0.4 is 9.47 Å². The standard InChI is InChI=1S/C11H15NO3/c1-3-15-10-6-4-5-9(7-8-12-13)11(10)14-2/h4-6,8,13H,3,7H2,1-2H3/b12-8-. The van der Waals surface area contributed by atoms with E-state index in [0.717, 1.165) is 5.56 Å². The highest BCUT2D eigenvalue weighted by molar-refractivity contribution is 5.64. The summed E-state index contributed by atoms with van der Waals surface area (Å²) in [7, 11) is 1.59. The second-order valence-corrected chi connectivity index (χ2v) is 2.88. The number of ether oxygens (including phenoxy) is 2. The fourth-order valence-electron chi connectivity index (χ4n) is 1.36. The van der Waals surface area contributed by atoms with Crippen LogP contribution in [0.3, 0.4) is 0 Å². The van der Waals surface area contributed by atoms with Gasteiger partial charge in [0.1, 0.15) is 0 Å². The minimum absolute atomic E-state index is 0.514. The van der Waals surface area contributed by atoms with Gasteiger partial charge in [-0.15, -0.1) is 5.16 Å². The normalized spacial score (nSPS) is 10.5. The first-order valence-corrected chi connectivity index (χ1v) is 4.78. The molecular formula is C11H15NO3. The molecule has 0 aliphatic heterocycles. The fraction of sp³-hybridized carbons (Fsp3) is 0.364. The molecule has 0 heterocycles. The van der Waals surface area contributed by atoms with Gasteiger partial charge in [0, 0.05) is 18.2 Å². The lowest BCUT2D eigenvalue weighted by Crippen LogP contribution is -1.99. The molecule has 1 aromatic carbocycles. The lowest BCUT2D eigenvalue weighted by molar-refractivity contribution is 0.309. The van der Waals surface area contributed by atoms with E-state index in [9.17, 15) is 0 Å². The van der Waals surface area contributed by atoms with Gasteiger partial charge in [-0.1, -0.05) is 12.1 Å². The van der Waals surface area contributed by atoms with Gasteiger partial charge in [0.15, 0.2) is 11.5 Å². The van der Waals surface area contributed by atoms with Crippen LogP contribution in [-0.2, 0) is 6.42 Å². The number of para-hydroxylation sites is 1. The van der Waals surface area contributed by atoms with Crippen LogP contribution in [0.2, 0.25) is 0 Å². The lowest BCUT2D eigenvalue weighted by atomic mass is 10.1. The molecule has 0 radical (unpaired) electrons. The first-order chi connectivity index (χ1) is 7.33. The number of methoxy groups -OCH3 is 1. The van der Waals surface area contributed by atoms with Crippen LogP contribution in [0.1, 0.15) is 12.5 Å². The van der Waals surface area contributed by atoms with Gasteiger partial charge in [0.05, 0.1) is 13.7 Å². The van der Waals surface area contributed by atoms with E-state index >= 15 is 0 Å². The van der Waals surface area contributed by atoms with E-state index in [4.69, 9.17) is 14.7 Å². The third kappa shape index (κ3) is 2.87. The smallest absolute Gasteiger partial charge is 0.164 e. The number of hydrogen-bond acceptors (Lipinski definition) is 4. The van der Waals surface area contributed by atoms with E-state index in [-0.39, 0.29) is 0 Å². The van der Waals surface area contributed by atoms with Gasteiger partial charge in [0.2, 0.25) is 0 Å². The van der Waals surface area contributed by atoms with E-state index in [1.807, 2.05) is 25.1 Å². The van der Waals surface area contributed by atoms with E-state index in [2.05, 4.69) is 5.16 Å². The summed E-state index contributed by atoms with van der Waals surface area (Å²) in [6.07, 6.45) is 1.92. The predicted octanol–water partition coefficient (Wildman–Crippen LogP) is 2.10. The van der Waals surface area contributed by atoms with Gasteiger partial charge in [-0.25, -0.2) is 0 Å². The van der Waals surface area contributed by atoms with E-state index < -0.39 is 0 Å². The molecule has 0 aliphatic rings. The van der Waals surface area contributed by atoms with Crippen molar-refractivity contribution in [2.45, 2.75) is 13.3 Å². The molecule has 1 aromatic rings. The maximum absolute atomic E-state index is 8.36. The highest BCUT2D eigenvalue weighted by atomic mass is 16.5. The van der Waals surface area contributed by atoms with Crippen molar-refractivity contribution in [1.82, 2.24) is 0 Å². The quantitative estimate of drug-likeness (QED) is 0.459. The summed E-state index contributed by atoms with van der Waals surface area (Å²) in [6, 6.07) is 5.64. The molecule has 1 rings (SSSR count). The molecule has 82 valence electrons. The molecule has 0 amide bonds. The molecule has 0 fully saturated rings. The molecule has 0 spiro atoms. The van der Waals surface area contributed by atoms with Gasteiger partial charge < -0.3 is 14.7 Å². The molecule has 1 N–H and O–H groups in total. The summed E-state index contributed by atoms with van der Waals surface area (Å²) in [6.45, 7) is 2.51. The van der Waals surface area contributed by atoms with Crippen molar-refractivity contribution in [2.75, 3.05) is 13.7 Å². The zero-order valence-corrected chi connectivity index (χ0v) is 8.93. The third-order valence-corrected chi connectivity index (χ3v) is 1.96. The van der Waals surface area contributed by atoms with E-state index in [1.54, 1.807) is 7.11 Å². The molecule has 0 bridgehead atoms. The van der Waals surface area contributed by atoms with Crippen LogP contribution in [0.5, 0.6) is 11.5 Å². The van der Waals surface area contributed by atoms with Crippen molar-refractivity contribution >= 4 is 6.21 Å². The van der Waals surface area contributed by atoms with Gasteiger partial charge in [0.25, 0.3) is 0 Å². The van der Waals surface area contributed by atoms with Crippen LogP contribution in [0.15, 0.2) is 23.4 Å². The van der Waals surface area contributed by atoms with Gasteiger partial charge in [-0.3, -0.25) is 0 Å². The third-order valence-electron chi connectivity index (χ3n) is 1.96. The first-order valence-electron chi connectivity index (χ1n) is 4.78. The summed E-state index contributed by atoms with van der Waals surface area (Å²) in [5.41, 5.74) is 0.932. The number of rotatable bonds is 5. The van der Waals surface area contributed by atoms with Crippen LogP contribution >= 0.6 is 0 Å². The molecule has 0 unspecified atom stereocenters. The molecule has 0 atom stereocenters. The summed E-state index contributed by atoms with van der Waals surface area (Å²) in [4.78, 5) is 0. The first kappa shape index (κ1) is 11.4. The Morgan fingerprint density at radius 1 is 1.47 bits per heavy atom. The molecule has 0 saturated heterocycles. The SMILES string of the molecule is CCOc1cccc(C/C=N\O)c1OC. The molecule has 4 nitrogen and oxygen atoms in total. The predicted molar refractivity (Wildman–Crippen MR) is 58.1 cm³/mol. The van der Waals surface area contributed by atoms with Crippen LogP contribution in [0.4, 0.5) is 0 Å². The Labute approximate surface area is 89.1 Å². The second-order valence-electron chi connectivity index (χ2n) is 2.88. The zero-order valence-electron chi connectivity index (χ0n) is 8.93. The summed E-state index contributed by atoms with van der Waals surface area (Å²) in [5, 5.41) is 11.3. The minimum atomic E-state index is 0.514. The van der Waals surface area contributed by atoms with Crippen molar-refractivity contribution < 1.29 is 14.7 Å². The van der Waals surface area contributed by atoms with Crippen molar-refractivity contribution in [1.29, 1.82) is 0 Å². The number of benzene rings is 1. The zero-order chi connectivity index (χ0) is 11.1. The lowest BCUT2D eigenvalue weighted by Gasteiger charge is -2.12. The largest absolute Gasteiger partial charge is 0.493 e. The number of hydrogen-bond donors (Lipinski definition) is 1. The van der Waals surface area contributed by atoms with Crippen molar-refractivity contribution in [3.8, 4) is 11.5 Å². The van der Waals surface area contributed by atoms with Crippen LogP contribution in [-0.4, -0.2) is 25.1 Å². The molecule has 4 heteroatoms. The van der Waals surface area contributed by atoms with Crippen LogP contribution in [0.25, 0.3) is 0 Å². The molecule has 0 saturated carbocycles. The van der Waals surface area contributed by atoms with Gasteiger partial charge >= 0.3 is 0 Å². The molecular weight excluding hydrogens is 194 g/mol. The number of oxime groups is 1. The van der Waals surface area contributed by atoms with E-state index in [1.165, 1.54) is 6.21 Å². The fourth-order valence-corrected chi connectivity index (χ4v) is 1.36. The average molecular weight is 209 g/mol. The Kier molecular flexibility index (Phi) is 4.47. The Hall–Kier alpha value is -1.71. The minimum Gasteiger partial charge on any atom is -0.493 e. The van der Waals surface area contributed by atoms with Gasteiger partial charge in [-0.2, -0.15) is 0 Å². The Morgan fingerprint density at radius 3 is 2.87 bits per heavy atom. The maximum Gasteiger partial charge on any atom is 0.164 e. The van der Waals surface area contributed by atoms with E-state index in [0.29, 0.717) is 24.5 Å². The van der Waals surface area contributed by atoms with Crippen molar-refractivity contribution in [3.05, 3.63) is 23.8 Å². The summed E-state index contributed by atoms with van der Waals surface area (Å²) >= 11 is 0. The molecule has 15 heavy (non-hydrogen) atoms. The Bertz CT molecular complexity index is 337. The topological polar surface area (TPSA) is 51.0 Å². The Balaban J connectivity index is 2.98. The Morgan fingerprint density at radius 2 is 2.27 bits per heavy atom. The molecule has 0 aliphatic carbocycles.